The Hall–Kier alpha value is -2.41. The number of hydrogen-bond acceptors (Lipinski definition) is 10. The summed E-state index contributed by atoms with van der Waals surface area (Å²) < 4.78 is 16.3. The van der Waals surface area contributed by atoms with E-state index in [1.54, 1.807) is 45.6 Å². The van der Waals surface area contributed by atoms with Crippen LogP contribution in [-0.2, 0) is 14.2 Å². The average molecular weight is 624 g/mol. The normalized spacial score (nSPS) is 17.1. The van der Waals surface area contributed by atoms with Crippen molar-refractivity contribution in [1.82, 2.24) is 9.97 Å². The number of hydrogen-bond donors (Lipinski definition) is 0. The van der Waals surface area contributed by atoms with E-state index >= 15 is 0 Å². The van der Waals surface area contributed by atoms with Crippen molar-refractivity contribution in [3.05, 3.63) is 29.5 Å². The van der Waals surface area contributed by atoms with Crippen LogP contribution in [0.25, 0.3) is 0 Å². The second-order valence-corrected chi connectivity index (χ2v) is 14.2. The molecule has 13 heteroatoms. The minimum atomic E-state index is -0.506. The smallest absolute Gasteiger partial charge is 0.414 e. The van der Waals surface area contributed by atoms with E-state index in [0.29, 0.717) is 18.1 Å². The van der Waals surface area contributed by atoms with Crippen LogP contribution in [0.2, 0.25) is 5.02 Å². The number of morpholine rings is 1. The molecule has 0 N–H and O–H groups in total. The molecule has 0 aliphatic carbocycles. The lowest BCUT2D eigenvalue weighted by Crippen LogP contribution is -2.40. The molecule has 5 heterocycles. The summed E-state index contributed by atoms with van der Waals surface area (Å²) in [6, 6.07) is 3.80. The molecule has 0 atom stereocenters. The molecule has 5 rings (SSSR count). The predicted octanol–water partition coefficient (Wildman–Crippen LogP) is 6.35. The highest BCUT2D eigenvalue weighted by Crippen LogP contribution is 2.37. The van der Waals surface area contributed by atoms with E-state index in [-0.39, 0.29) is 12.2 Å². The zero-order valence-corrected chi connectivity index (χ0v) is 26.8. The maximum atomic E-state index is 12.5. The van der Waals surface area contributed by atoms with Gasteiger partial charge in [-0.3, -0.25) is 9.80 Å². The highest BCUT2D eigenvalue weighted by Gasteiger charge is 2.30. The highest BCUT2D eigenvalue weighted by atomic mass is 35.5. The first-order valence-corrected chi connectivity index (χ1v) is 15.9. The highest BCUT2D eigenvalue weighted by molar-refractivity contribution is 7.99. The summed E-state index contributed by atoms with van der Waals surface area (Å²) in [4.78, 5) is 38.9. The van der Waals surface area contributed by atoms with Gasteiger partial charge in [-0.25, -0.2) is 19.6 Å². The van der Waals surface area contributed by atoms with Gasteiger partial charge in [-0.05, 0) is 53.7 Å². The number of nitrogens with zero attached hydrogens (tertiary/aromatic N) is 5. The Balaban J connectivity index is 0.000000195. The van der Waals surface area contributed by atoms with Crippen LogP contribution in [0.4, 0.5) is 26.7 Å². The van der Waals surface area contributed by atoms with Crippen molar-refractivity contribution in [2.24, 2.45) is 0 Å². The number of fused-ring (bicyclic) bond motifs is 2. The van der Waals surface area contributed by atoms with Crippen LogP contribution in [0.3, 0.4) is 0 Å². The Labute approximate surface area is 255 Å². The molecule has 0 spiro atoms. The van der Waals surface area contributed by atoms with E-state index in [1.807, 2.05) is 53.8 Å². The van der Waals surface area contributed by atoms with Crippen molar-refractivity contribution in [2.75, 3.05) is 65.6 Å². The zero-order valence-electron chi connectivity index (χ0n) is 24.4. The number of carbonyl (C=O) groups is 2. The molecule has 3 aliphatic rings. The molecular weight excluding hydrogens is 586 g/mol. The first-order chi connectivity index (χ1) is 19.3. The van der Waals surface area contributed by atoms with Crippen LogP contribution < -0.4 is 14.7 Å². The number of rotatable bonds is 1. The van der Waals surface area contributed by atoms with E-state index in [9.17, 15) is 9.59 Å². The zero-order chi connectivity index (χ0) is 29.8. The maximum absolute atomic E-state index is 12.5. The molecule has 0 bridgehead atoms. The Morgan fingerprint density at radius 2 is 1.29 bits per heavy atom. The Morgan fingerprint density at radius 3 is 1.80 bits per heavy atom. The molecular formula is C28H38ClN5O5S2. The van der Waals surface area contributed by atoms with E-state index in [2.05, 4.69) is 14.9 Å². The first-order valence-electron chi connectivity index (χ1n) is 13.6. The molecule has 2 aromatic rings. The van der Waals surface area contributed by atoms with Crippen LogP contribution in [0.15, 0.2) is 34.6 Å². The van der Waals surface area contributed by atoms with Gasteiger partial charge in [0, 0.05) is 43.9 Å². The molecule has 0 unspecified atom stereocenters. The summed E-state index contributed by atoms with van der Waals surface area (Å²) in [5.74, 6) is 1.64. The van der Waals surface area contributed by atoms with E-state index < -0.39 is 11.2 Å². The third-order valence-electron chi connectivity index (χ3n) is 5.91. The predicted molar refractivity (Wildman–Crippen MR) is 165 cm³/mol. The van der Waals surface area contributed by atoms with Gasteiger partial charge in [-0.2, -0.15) is 0 Å². The van der Waals surface area contributed by atoms with Crippen molar-refractivity contribution in [3.63, 3.8) is 0 Å². The van der Waals surface area contributed by atoms with Crippen LogP contribution in [0.5, 0.6) is 0 Å². The van der Waals surface area contributed by atoms with Crippen molar-refractivity contribution in [1.29, 1.82) is 0 Å². The van der Waals surface area contributed by atoms with Crippen molar-refractivity contribution in [2.45, 2.75) is 62.8 Å². The Kier molecular flexibility index (Phi) is 10.2. The van der Waals surface area contributed by atoms with Crippen LogP contribution in [-0.4, -0.2) is 84.3 Å². The molecule has 2 amide bonds. The maximum Gasteiger partial charge on any atom is 0.414 e. The average Bonchev–Trinajstić information content (AvgIpc) is 2.91. The second kappa shape index (κ2) is 13.3. The number of pyridine rings is 2. The molecule has 2 aromatic heterocycles. The molecule has 41 heavy (non-hydrogen) atoms. The Bertz CT molecular complexity index is 1250. The number of aromatic nitrogens is 2. The van der Waals surface area contributed by atoms with Gasteiger partial charge in [0.25, 0.3) is 0 Å². The van der Waals surface area contributed by atoms with Crippen molar-refractivity contribution in [3.8, 4) is 0 Å². The molecule has 0 aromatic carbocycles. The van der Waals surface area contributed by atoms with Crippen LogP contribution in [0.1, 0.15) is 41.5 Å². The summed E-state index contributed by atoms with van der Waals surface area (Å²) >= 11 is 9.23. The topological polar surface area (TPSA) is 97.3 Å². The molecule has 1 fully saturated rings. The monoisotopic (exact) mass is 623 g/mol. The van der Waals surface area contributed by atoms with Crippen LogP contribution in [0, 0.1) is 0 Å². The van der Waals surface area contributed by atoms with Gasteiger partial charge < -0.3 is 19.1 Å². The van der Waals surface area contributed by atoms with Crippen molar-refractivity contribution >= 4 is 64.4 Å². The lowest BCUT2D eigenvalue weighted by Gasteiger charge is -2.33. The van der Waals surface area contributed by atoms with Gasteiger partial charge in [0.2, 0.25) is 0 Å². The molecule has 1 saturated heterocycles. The van der Waals surface area contributed by atoms with Gasteiger partial charge in [-0.1, -0.05) is 11.6 Å². The van der Waals surface area contributed by atoms with Gasteiger partial charge in [0.1, 0.15) is 21.3 Å². The third-order valence-corrected chi connectivity index (χ3v) is 8.07. The fourth-order valence-electron chi connectivity index (χ4n) is 4.17. The lowest BCUT2D eigenvalue weighted by molar-refractivity contribution is 0.0570. The number of carbonyl (C=O) groups excluding carboxylic acids is 2. The van der Waals surface area contributed by atoms with Gasteiger partial charge in [0.05, 0.1) is 41.5 Å². The summed E-state index contributed by atoms with van der Waals surface area (Å²) in [6.07, 6.45) is 2.81. The number of ether oxygens (including phenoxy) is 3. The molecule has 0 saturated carbocycles. The summed E-state index contributed by atoms with van der Waals surface area (Å²) in [5.41, 5.74) is 1.60. The molecule has 10 nitrogen and oxygen atoms in total. The first kappa shape index (κ1) is 31.5. The number of halogens is 1. The van der Waals surface area contributed by atoms with E-state index in [4.69, 9.17) is 25.8 Å². The minimum absolute atomic E-state index is 0.306. The van der Waals surface area contributed by atoms with Crippen LogP contribution >= 0.6 is 35.1 Å². The summed E-state index contributed by atoms with van der Waals surface area (Å²) in [6.45, 7) is 15.6. The summed E-state index contributed by atoms with van der Waals surface area (Å²) in [5, 5.41) is 2.22. The standard InChI is InChI=1S/C16H23N3O3S.C12H15ClN2O2S/c1-16(2,3)22-15(20)19-6-9-23-14-13(19)10-12(11-17-14)18-4-7-21-8-5-18;1-12(2,3)17-11(16)15-4-5-18-10-9(15)6-8(13)7-14-10/h10-11H,4-9H2,1-3H3;6-7H,4-5H2,1-3H3. The molecule has 3 aliphatic heterocycles. The van der Waals surface area contributed by atoms with Gasteiger partial charge in [-0.15, -0.1) is 23.5 Å². The largest absolute Gasteiger partial charge is 0.443 e. The molecule has 0 radical (unpaired) electrons. The number of anilines is 3. The fraction of sp³-hybridized carbons (Fsp3) is 0.571. The second-order valence-electron chi connectivity index (χ2n) is 11.6. The van der Waals surface area contributed by atoms with Gasteiger partial charge >= 0.3 is 12.2 Å². The SMILES string of the molecule is CC(C)(C)OC(=O)N1CCSc2ncc(Cl)cc21.CC(C)(C)OC(=O)N1CCSc2ncc(N3CCOCC3)cc21. The van der Waals surface area contributed by atoms with Crippen molar-refractivity contribution < 1.29 is 23.8 Å². The minimum Gasteiger partial charge on any atom is -0.443 e. The quantitative estimate of drug-likeness (QED) is 0.357. The lowest BCUT2D eigenvalue weighted by atomic mass is 10.2. The molecule has 224 valence electrons. The summed E-state index contributed by atoms with van der Waals surface area (Å²) in [7, 11) is 0. The van der Waals surface area contributed by atoms with Gasteiger partial charge in [0.15, 0.2) is 0 Å². The number of thioether (sulfide) groups is 2. The number of amides is 2. The van der Waals surface area contributed by atoms with E-state index in [1.165, 1.54) is 0 Å². The fourth-order valence-corrected chi connectivity index (χ4v) is 6.15. The Morgan fingerprint density at radius 1 is 0.805 bits per heavy atom. The third kappa shape index (κ3) is 8.79. The van der Waals surface area contributed by atoms with E-state index in [0.717, 1.165) is 64.9 Å².